The highest BCUT2D eigenvalue weighted by molar-refractivity contribution is 5.95. The Balaban J connectivity index is 1.73. The standard InChI is InChI=1S/C20H24N2O2/c1-14-12-16(9-10-18(14)21)20(24)22-11-5-8-17(22)13-19(23)15-6-3-2-4-7-15/h2-4,6-7,9-10,12,17,19,23H,5,8,11,13,21H2,1H3. The molecule has 2 aromatic carbocycles. The third kappa shape index (κ3) is 3.44. The van der Waals surface area contributed by atoms with Crippen LogP contribution in [0.2, 0.25) is 0 Å². The molecule has 1 saturated heterocycles. The normalized spacial score (nSPS) is 18.6. The predicted octanol–water partition coefficient (Wildman–Crippen LogP) is 3.31. The highest BCUT2D eigenvalue weighted by Crippen LogP contribution is 2.29. The zero-order valence-corrected chi connectivity index (χ0v) is 14.0. The van der Waals surface area contributed by atoms with Gasteiger partial charge in [0, 0.05) is 23.8 Å². The van der Waals surface area contributed by atoms with E-state index in [0.29, 0.717) is 17.7 Å². The molecule has 2 unspecified atom stereocenters. The summed E-state index contributed by atoms with van der Waals surface area (Å²) in [6.07, 6.45) is 1.94. The van der Waals surface area contributed by atoms with Gasteiger partial charge in [-0.25, -0.2) is 0 Å². The third-order valence-corrected chi connectivity index (χ3v) is 4.83. The van der Waals surface area contributed by atoms with Crippen LogP contribution < -0.4 is 5.73 Å². The first-order valence-electron chi connectivity index (χ1n) is 8.46. The third-order valence-electron chi connectivity index (χ3n) is 4.83. The van der Waals surface area contributed by atoms with Crippen molar-refractivity contribution >= 4 is 11.6 Å². The first-order chi connectivity index (χ1) is 11.6. The Kier molecular flexibility index (Phi) is 4.86. The summed E-state index contributed by atoms with van der Waals surface area (Å²) in [6, 6.07) is 15.1. The predicted molar refractivity (Wildman–Crippen MR) is 95.7 cm³/mol. The molecule has 1 aliphatic rings. The van der Waals surface area contributed by atoms with E-state index >= 15 is 0 Å². The number of aliphatic hydroxyl groups excluding tert-OH is 1. The van der Waals surface area contributed by atoms with Crippen LogP contribution in [0.5, 0.6) is 0 Å². The fourth-order valence-corrected chi connectivity index (χ4v) is 3.39. The van der Waals surface area contributed by atoms with Gasteiger partial charge in [-0.3, -0.25) is 4.79 Å². The number of nitrogen functional groups attached to an aromatic ring is 1. The van der Waals surface area contributed by atoms with E-state index in [1.54, 1.807) is 12.1 Å². The van der Waals surface area contributed by atoms with Crippen molar-refractivity contribution in [2.45, 2.75) is 38.3 Å². The SMILES string of the molecule is Cc1cc(C(=O)N2CCCC2CC(O)c2ccccc2)ccc1N. The Morgan fingerprint density at radius 3 is 2.75 bits per heavy atom. The van der Waals surface area contributed by atoms with Crippen molar-refractivity contribution in [1.29, 1.82) is 0 Å². The molecule has 1 aliphatic heterocycles. The van der Waals surface area contributed by atoms with Crippen molar-refractivity contribution in [3.05, 3.63) is 65.2 Å². The molecule has 3 N–H and O–H groups in total. The van der Waals surface area contributed by atoms with Gasteiger partial charge in [0.15, 0.2) is 0 Å². The van der Waals surface area contributed by atoms with Gasteiger partial charge in [0.1, 0.15) is 0 Å². The summed E-state index contributed by atoms with van der Waals surface area (Å²) in [5.74, 6) is 0.0286. The van der Waals surface area contributed by atoms with Crippen LogP contribution in [-0.2, 0) is 0 Å². The molecule has 0 saturated carbocycles. The lowest BCUT2D eigenvalue weighted by molar-refractivity contribution is 0.0667. The molecular weight excluding hydrogens is 300 g/mol. The molecule has 3 rings (SSSR count). The summed E-state index contributed by atoms with van der Waals surface area (Å²) in [5.41, 5.74) is 9.03. The van der Waals surface area contributed by atoms with Crippen molar-refractivity contribution in [2.75, 3.05) is 12.3 Å². The van der Waals surface area contributed by atoms with Gasteiger partial charge in [0.25, 0.3) is 5.91 Å². The van der Waals surface area contributed by atoms with Crippen molar-refractivity contribution in [2.24, 2.45) is 0 Å². The van der Waals surface area contributed by atoms with E-state index < -0.39 is 6.10 Å². The first-order valence-corrected chi connectivity index (χ1v) is 8.46. The maximum Gasteiger partial charge on any atom is 0.254 e. The van der Waals surface area contributed by atoms with E-state index in [1.165, 1.54) is 0 Å². The minimum absolute atomic E-state index is 0.0286. The monoisotopic (exact) mass is 324 g/mol. The molecule has 1 heterocycles. The van der Waals surface area contributed by atoms with Gasteiger partial charge in [0.2, 0.25) is 0 Å². The van der Waals surface area contributed by atoms with Crippen molar-refractivity contribution in [3.8, 4) is 0 Å². The lowest BCUT2D eigenvalue weighted by atomic mass is 10.00. The van der Waals surface area contributed by atoms with E-state index in [1.807, 2.05) is 48.2 Å². The average Bonchev–Trinajstić information content (AvgIpc) is 3.05. The van der Waals surface area contributed by atoms with Crippen LogP contribution >= 0.6 is 0 Å². The Hall–Kier alpha value is -2.33. The molecule has 0 aromatic heterocycles. The molecule has 0 aliphatic carbocycles. The molecule has 1 fully saturated rings. The average molecular weight is 324 g/mol. The number of aryl methyl sites for hydroxylation is 1. The number of aliphatic hydroxyl groups is 1. The molecule has 2 atom stereocenters. The number of nitrogens with two attached hydrogens (primary N) is 1. The van der Waals surface area contributed by atoms with E-state index in [0.717, 1.165) is 30.5 Å². The molecule has 126 valence electrons. The lowest BCUT2D eigenvalue weighted by Crippen LogP contribution is -2.36. The van der Waals surface area contributed by atoms with E-state index in [-0.39, 0.29) is 11.9 Å². The van der Waals surface area contributed by atoms with Gasteiger partial charge in [-0.05, 0) is 55.5 Å². The van der Waals surface area contributed by atoms with E-state index in [2.05, 4.69) is 0 Å². The molecule has 0 radical (unpaired) electrons. The second kappa shape index (κ2) is 7.05. The van der Waals surface area contributed by atoms with E-state index in [9.17, 15) is 9.90 Å². The van der Waals surface area contributed by atoms with Gasteiger partial charge < -0.3 is 15.7 Å². The maximum absolute atomic E-state index is 12.8. The highest BCUT2D eigenvalue weighted by atomic mass is 16.3. The van der Waals surface area contributed by atoms with Gasteiger partial charge >= 0.3 is 0 Å². The minimum Gasteiger partial charge on any atom is -0.399 e. The molecule has 4 nitrogen and oxygen atoms in total. The quantitative estimate of drug-likeness (QED) is 0.848. The van der Waals surface area contributed by atoms with Crippen molar-refractivity contribution < 1.29 is 9.90 Å². The number of rotatable bonds is 4. The molecule has 2 aromatic rings. The molecule has 4 heteroatoms. The number of nitrogens with zero attached hydrogens (tertiary/aromatic N) is 1. The number of hydrogen-bond donors (Lipinski definition) is 2. The largest absolute Gasteiger partial charge is 0.399 e. The Labute approximate surface area is 142 Å². The first kappa shape index (κ1) is 16.5. The summed E-state index contributed by atoms with van der Waals surface area (Å²) in [4.78, 5) is 14.7. The summed E-state index contributed by atoms with van der Waals surface area (Å²) in [6.45, 7) is 2.65. The summed E-state index contributed by atoms with van der Waals surface area (Å²) in [5, 5.41) is 10.5. The number of carbonyl (C=O) groups excluding carboxylic acids is 1. The summed E-state index contributed by atoms with van der Waals surface area (Å²) >= 11 is 0. The van der Waals surface area contributed by atoms with Crippen LogP contribution in [0.3, 0.4) is 0 Å². The topological polar surface area (TPSA) is 66.6 Å². The Morgan fingerprint density at radius 1 is 1.29 bits per heavy atom. The van der Waals surface area contributed by atoms with Gasteiger partial charge in [-0.15, -0.1) is 0 Å². The Morgan fingerprint density at radius 2 is 2.04 bits per heavy atom. The number of likely N-dealkylation sites (tertiary alicyclic amines) is 1. The fraction of sp³-hybridized carbons (Fsp3) is 0.350. The van der Waals surface area contributed by atoms with Gasteiger partial charge in [-0.2, -0.15) is 0 Å². The van der Waals surface area contributed by atoms with Crippen LogP contribution in [0.4, 0.5) is 5.69 Å². The fourth-order valence-electron chi connectivity index (χ4n) is 3.39. The molecule has 0 bridgehead atoms. The van der Waals surface area contributed by atoms with Crippen LogP contribution in [0, 0.1) is 6.92 Å². The molecule has 24 heavy (non-hydrogen) atoms. The van der Waals surface area contributed by atoms with Crippen molar-refractivity contribution in [3.63, 3.8) is 0 Å². The summed E-state index contributed by atoms with van der Waals surface area (Å²) in [7, 11) is 0. The smallest absolute Gasteiger partial charge is 0.254 e. The van der Waals surface area contributed by atoms with Crippen LogP contribution in [0.25, 0.3) is 0 Å². The zero-order valence-electron chi connectivity index (χ0n) is 14.0. The molecule has 0 spiro atoms. The second-order valence-electron chi connectivity index (χ2n) is 6.53. The number of anilines is 1. The highest BCUT2D eigenvalue weighted by Gasteiger charge is 2.31. The second-order valence-corrected chi connectivity index (χ2v) is 6.53. The summed E-state index contributed by atoms with van der Waals surface area (Å²) < 4.78 is 0. The molecular formula is C20H24N2O2. The number of benzene rings is 2. The number of carbonyl (C=O) groups is 1. The van der Waals surface area contributed by atoms with Crippen LogP contribution in [-0.4, -0.2) is 28.5 Å². The van der Waals surface area contributed by atoms with Crippen LogP contribution in [0.15, 0.2) is 48.5 Å². The number of amides is 1. The lowest BCUT2D eigenvalue weighted by Gasteiger charge is -2.27. The van der Waals surface area contributed by atoms with Gasteiger partial charge in [-0.1, -0.05) is 30.3 Å². The Bertz CT molecular complexity index is 715. The minimum atomic E-state index is -0.544. The van der Waals surface area contributed by atoms with E-state index in [4.69, 9.17) is 5.73 Å². The maximum atomic E-state index is 12.8. The molecule has 1 amide bonds. The van der Waals surface area contributed by atoms with Gasteiger partial charge in [0.05, 0.1) is 6.10 Å². The zero-order chi connectivity index (χ0) is 17.1. The van der Waals surface area contributed by atoms with Crippen LogP contribution in [0.1, 0.15) is 46.9 Å². The number of hydrogen-bond acceptors (Lipinski definition) is 3. The van der Waals surface area contributed by atoms with Crippen molar-refractivity contribution in [1.82, 2.24) is 4.90 Å².